The van der Waals surface area contributed by atoms with Gasteiger partial charge in [-0.1, -0.05) is 6.07 Å². The number of aromatic nitrogens is 3. The molecule has 0 unspecified atom stereocenters. The largest absolute Gasteiger partial charge is 0.481 e. The number of benzene rings is 1. The number of carboxylic acids is 1. The highest BCUT2D eigenvalue weighted by molar-refractivity contribution is 9.10. The summed E-state index contributed by atoms with van der Waals surface area (Å²) in [4.78, 5) is 14.8. The fourth-order valence-corrected chi connectivity index (χ4v) is 2.92. The lowest BCUT2D eigenvalue weighted by atomic mass is 9.92. The SMILES string of the molecule is O=C(O)CC1(c2ccc(-n3cncn3)c(Br)c2)CC1. The van der Waals surface area contributed by atoms with Gasteiger partial charge in [-0.25, -0.2) is 9.67 Å². The quantitative estimate of drug-likeness (QED) is 0.939. The Morgan fingerprint density at radius 3 is 2.79 bits per heavy atom. The molecule has 0 radical (unpaired) electrons. The molecular formula is C13H12BrN3O2. The standard InChI is InChI=1S/C13H12BrN3O2/c14-10-5-9(13(3-4-13)6-12(18)19)1-2-11(10)17-8-15-7-16-17/h1-2,5,7-8H,3-4,6H2,(H,18,19). The number of rotatable bonds is 4. The molecular weight excluding hydrogens is 310 g/mol. The molecule has 1 heterocycles. The first-order valence-electron chi connectivity index (χ1n) is 5.98. The van der Waals surface area contributed by atoms with Crippen molar-refractivity contribution in [2.45, 2.75) is 24.7 Å². The highest BCUT2D eigenvalue weighted by atomic mass is 79.9. The van der Waals surface area contributed by atoms with Crippen LogP contribution in [0, 0.1) is 0 Å². The van der Waals surface area contributed by atoms with E-state index in [1.165, 1.54) is 6.33 Å². The molecule has 5 nitrogen and oxygen atoms in total. The Kier molecular flexibility index (Phi) is 2.89. The van der Waals surface area contributed by atoms with E-state index in [9.17, 15) is 4.79 Å². The third-order valence-electron chi connectivity index (χ3n) is 3.57. The third kappa shape index (κ3) is 2.28. The predicted molar refractivity (Wildman–Crippen MR) is 72.2 cm³/mol. The Morgan fingerprint density at radius 1 is 1.47 bits per heavy atom. The van der Waals surface area contributed by atoms with Crippen LogP contribution in [-0.2, 0) is 10.2 Å². The summed E-state index contributed by atoms with van der Waals surface area (Å²) in [5.74, 6) is -0.742. The van der Waals surface area contributed by atoms with E-state index in [2.05, 4.69) is 26.0 Å². The van der Waals surface area contributed by atoms with Crippen LogP contribution in [0.5, 0.6) is 0 Å². The molecule has 0 amide bonds. The maximum atomic E-state index is 10.9. The van der Waals surface area contributed by atoms with Crippen LogP contribution in [0.25, 0.3) is 5.69 Å². The normalized spacial score (nSPS) is 16.3. The minimum Gasteiger partial charge on any atom is -0.481 e. The van der Waals surface area contributed by atoms with Crippen LogP contribution in [0.15, 0.2) is 35.3 Å². The first-order valence-corrected chi connectivity index (χ1v) is 6.77. The van der Waals surface area contributed by atoms with Gasteiger partial charge in [0.1, 0.15) is 12.7 Å². The molecule has 0 atom stereocenters. The zero-order valence-electron chi connectivity index (χ0n) is 10.1. The van der Waals surface area contributed by atoms with E-state index >= 15 is 0 Å². The molecule has 1 aliphatic rings. The zero-order valence-corrected chi connectivity index (χ0v) is 11.7. The monoisotopic (exact) mass is 321 g/mol. The van der Waals surface area contributed by atoms with E-state index in [0.717, 1.165) is 28.6 Å². The summed E-state index contributed by atoms with van der Waals surface area (Å²) in [6.07, 6.45) is 5.18. The lowest BCUT2D eigenvalue weighted by molar-refractivity contribution is -0.137. The van der Waals surface area contributed by atoms with Crippen molar-refractivity contribution >= 4 is 21.9 Å². The van der Waals surface area contributed by atoms with E-state index in [4.69, 9.17) is 5.11 Å². The number of halogens is 1. The minimum atomic E-state index is -0.742. The van der Waals surface area contributed by atoms with Crippen molar-refractivity contribution in [3.63, 3.8) is 0 Å². The summed E-state index contributed by atoms with van der Waals surface area (Å²) < 4.78 is 2.57. The van der Waals surface area contributed by atoms with Crippen molar-refractivity contribution in [2.75, 3.05) is 0 Å². The van der Waals surface area contributed by atoms with Crippen molar-refractivity contribution in [3.8, 4) is 5.69 Å². The van der Waals surface area contributed by atoms with Gasteiger partial charge in [-0.05, 0) is 46.5 Å². The van der Waals surface area contributed by atoms with Gasteiger partial charge in [0.2, 0.25) is 0 Å². The molecule has 0 spiro atoms. The van der Waals surface area contributed by atoms with E-state index < -0.39 is 5.97 Å². The Labute approximate surface area is 118 Å². The molecule has 1 aliphatic carbocycles. The van der Waals surface area contributed by atoms with E-state index in [0.29, 0.717) is 0 Å². The zero-order chi connectivity index (χ0) is 13.5. The van der Waals surface area contributed by atoms with E-state index in [-0.39, 0.29) is 11.8 Å². The second-order valence-corrected chi connectivity index (χ2v) is 5.71. The van der Waals surface area contributed by atoms with Crippen LogP contribution < -0.4 is 0 Å². The topological polar surface area (TPSA) is 68.0 Å². The van der Waals surface area contributed by atoms with Crippen molar-refractivity contribution in [1.82, 2.24) is 14.8 Å². The Morgan fingerprint density at radius 2 is 2.26 bits per heavy atom. The maximum Gasteiger partial charge on any atom is 0.304 e. The molecule has 98 valence electrons. The van der Waals surface area contributed by atoms with Gasteiger partial charge < -0.3 is 5.11 Å². The van der Waals surface area contributed by atoms with Gasteiger partial charge in [0.05, 0.1) is 12.1 Å². The molecule has 1 fully saturated rings. The summed E-state index contributed by atoms with van der Waals surface area (Å²) >= 11 is 3.52. The van der Waals surface area contributed by atoms with Gasteiger partial charge >= 0.3 is 5.97 Å². The third-order valence-corrected chi connectivity index (χ3v) is 4.20. The van der Waals surface area contributed by atoms with Gasteiger partial charge in [-0.3, -0.25) is 4.79 Å². The fourth-order valence-electron chi connectivity index (χ4n) is 2.36. The molecule has 1 N–H and O–H groups in total. The smallest absolute Gasteiger partial charge is 0.304 e. The fraction of sp³-hybridized carbons (Fsp3) is 0.308. The van der Waals surface area contributed by atoms with Crippen LogP contribution in [0.1, 0.15) is 24.8 Å². The number of hydrogen-bond acceptors (Lipinski definition) is 3. The summed E-state index contributed by atoms with van der Waals surface area (Å²) in [5, 5.41) is 13.1. The highest BCUT2D eigenvalue weighted by Crippen LogP contribution is 2.51. The molecule has 19 heavy (non-hydrogen) atoms. The van der Waals surface area contributed by atoms with Crippen LogP contribution in [0.2, 0.25) is 0 Å². The number of carbonyl (C=O) groups is 1. The van der Waals surface area contributed by atoms with Gasteiger partial charge in [-0.2, -0.15) is 5.10 Å². The van der Waals surface area contributed by atoms with Gasteiger partial charge in [-0.15, -0.1) is 0 Å². The van der Waals surface area contributed by atoms with Gasteiger partial charge in [0, 0.05) is 9.89 Å². The molecule has 0 bridgehead atoms. The molecule has 2 aromatic rings. The van der Waals surface area contributed by atoms with Crippen molar-refractivity contribution in [2.24, 2.45) is 0 Å². The first kappa shape index (κ1) is 12.3. The van der Waals surface area contributed by atoms with Gasteiger partial charge in [0.25, 0.3) is 0 Å². The van der Waals surface area contributed by atoms with Crippen molar-refractivity contribution < 1.29 is 9.90 Å². The Balaban J connectivity index is 1.94. The summed E-state index contributed by atoms with van der Waals surface area (Å²) in [7, 11) is 0. The van der Waals surface area contributed by atoms with Crippen LogP contribution in [-0.4, -0.2) is 25.8 Å². The predicted octanol–water partition coefficient (Wildman–Crippen LogP) is 2.54. The van der Waals surface area contributed by atoms with Crippen molar-refractivity contribution in [3.05, 3.63) is 40.9 Å². The highest BCUT2D eigenvalue weighted by Gasteiger charge is 2.46. The Hall–Kier alpha value is -1.69. The molecule has 1 saturated carbocycles. The number of carboxylic acid groups (broad SMARTS) is 1. The first-order chi connectivity index (χ1) is 9.11. The Bertz CT molecular complexity index is 621. The minimum absolute atomic E-state index is 0.171. The van der Waals surface area contributed by atoms with E-state index in [1.54, 1.807) is 11.0 Å². The molecule has 1 aromatic heterocycles. The molecule has 1 aromatic carbocycles. The molecule has 3 rings (SSSR count). The molecule has 0 saturated heterocycles. The second-order valence-electron chi connectivity index (χ2n) is 4.86. The average molecular weight is 322 g/mol. The number of hydrogen-bond donors (Lipinski definition) is 1. The maximum absolute atomic E-state index is 10.9. The van der Waals surface area contributed by atoms with Crippen molar-refractivity contribution in [1.29, 1.82) is 0 Å². The lowest BCUT2D eigenvalue weighted by Crippen LogP contribution is -2.13. The van der Waals surface area contributed by atoms with Crippen LogP contribution in [0.3, 0.4) is 0 Å². The summed E-state index contributed by atoms with van der Waals surface area (Å²) in [5.41, 5.74) is 1.80. The van der Waals surface area contributed by atoms with Crippen LogP contribution >= 0.6 is 15.9 Å². The lowest BCUT2D eigenvalue weighted by Gasteiger charge is -2.15. The molecule has 0 aliphatic heterocycles. The van der Waals surface area contributed by atoms with Crippen LogP contribution in [0.4, 0.5) is 0 Å². The molecule has 6 heteroatoms. The number of aliphatic carboxylic acids is 1. The van der Waals surface area contributed by atoms with Gasteiger partial charge in [0.15, 0.2) is 0 Å². The summed E-state index contributed by atoms with van der Waals surface area (Å²) in [6.45, 7) is 0. The summed E-state index contributed by atoms with van der Waals surface area (Å²) in [6, 6.07) is 5.92. The second kappa shape index (κ2) is 4.45. The van der Waals surface area contributed by atoms with E-state index in [1.807, 2.05) is 18.2 Å². The average Bonchev–Trinajstić information content (AvgIpc) is 2.93. The number of nitrogens with zero attached hydrogens (tertiary/aromatic N) is 3.